The molecular weight excluding hydrogens is 285 g/mol. The molecule has 1 aromatic rings. The summed E-state index contributed by atoms with van der Waals surface area (Å²) in [6.45, 7) is 3.34. The normalized spacial score (nSPS) is 22.6. The molecule has 2 heterocycles. The molecule has 1 saturated heterocycles. The van der Waals surface area contributed by atoms with Gasteiger partial charge in [-0.1, -0.05) is 0 Å². The summed E-state index contributed by atoms with van der Waals surface area (Å²) >= 11 is 0. The van der Waals surface area contributed by atoms with Gasteiger partial charge >= 0.3 is 6.18 Å². The summed E-state index contributed by atoms with van der Waals surface area (Å²) in [6.07, 6.45) is -2.47. The number of carbonyl (C=O) groups excluding carboxylic acids is 1. The van der Waals surface area contributed by atoms with Crippen LogP contribution in [0.3, 0.4) is 0 Å². The highest BCUT2D eigenvalue weighted by atomic mass is 19.4. The Morgan fingerprint density at radius 3 is 2.67 bits per heavy atom. The molecule has 1 N–H and O–H groups in total. The molecule has 116 valence electrons. The van der Waals surface area contributed by atoms with E-state index in [9.17, 15) is 18.0 Å². The first-order valence-corrected chi connectivity index (χ1v) is 6.70. The van der Waals surface area contributed by atoms with Crippen LogP contribution in [-0.4, -0.2) is 36.1 Å². The van der Waals surface area contributed by atoms with Crippen LogP contribution in [0.4, 0.5) is 13.2 Å². The van der Waals surface area contributed by atoms with Crippen LogP contribution in [0.25, 0.3) is 0 Å². The third kappa shape index (κ3) is 3.02. The molecule has 1 aliphatic rings. The molecule has 1 aliphatic heterocycles. The quantitative estimate of drug-likeness (QED) is 0.869. The molecule has 0 saturated carbocycles. The fourth-order valence-electron chi connectivity index (χ4n) is 2.41. The fraction of sp³-hybridized carbons (Fsp3) is 0.571. The summed E-state index contributed by atoms with van der Waals surface area (Å²) in [5.74, 6) is -0.666. The van der Waals surface area contributed by atoms with Crippen molar-refractivity contribution in [1.82, 2.24) is 10.3 Å². The minimum absolute atomic E-state index is 0.0748. The van der Waals surface area contributed by atoms with E-state index in [1.54, 1.807) is 13.8 Å². The number of halogens is 3. The second-order valence-corrected chi connectivity index (χ2v) is 5.41. The molecular formula is C14H17F3N2O2. The summed E-state index contributed by atoms with van der Waals surface area (Å²) in [5.41, 5.74) is -2.44. The minimum Gasteiger partial charge on any atom is -0.489 e. The lowest BCUT2D eigenvalue weighted by atomic mass is 9.79. The van der Waals surface area contributed by atoms with Crippen molar-refractivity contribution in [2.24, 2.45) is 5.41 Å². The van der Waals surface area contributed by atoms with Crippen LogP contribution in [0.2, 0.25) is 0 Å². The number of nitrogens with zero attached hydrogens (tertiary/aromatic N) is 1. The van der Waals surface area contributed by atoms with Gasteiger partial charge in [-0.2, -0.15) is 13.2 Å². The van der Waals surface area contributed by atoms with Gasteiger partial charge < -0.3 is 10.1 Å². The van der Waals surface area contributed by atoms with Crippen molar-refractivity contribution in [3.8, 4) is 5.75 Å². The first kappa shape index (κ1) is 15.8. The summed E-state index contributed by atoms with van der Waals surface area (Å²) in [5, 5.41) is 2.62. The second-order valence-electron chi connectivity index (χ2n) is 5.41. The van der Waals surface area contributed by atoms with E-state index in [1.807, 2.05) is 0 Å². The molecule has 0 amide bonds. The zero-order chi connectivity index (χ0) is 15.7. The van der Waals surface area contributed by atoms with Gasteiger partial charge in [-0.05, 0) is 32.9 Å². The zero-order valence-corrected chi connectivity index (χ0v) is 11.8. The van der Waals surface area contributed by atoms with Gasteiger partial charge in [0, 0.05) is 18.3 Å². The van der Waals surface area contributed by atoms with E-state index in [0.717, 1.165) is 6.20 Å². The van der Waals surface area contributed by atoms with Crippen molar-refractivity contribution in [3.63, 3.8) is 0 Å². The van der Waals surface area contributed by atoms with Crippen molar-refractivity contribution in [3.05, 3.63) is 24.0 Å². The highest BCUT2D eigenvalue weighted by Gasteiger charge is 2.61. The number of Topliss-reactive ketones (excluding diaryl/α,β-unsaturated/α-hetero) is 1. The molecule has 0 aromatic carbocycles. The summed E-state index contributed by atoms with van der Waals surface area (Å²) in [7, 11) is 0. The number of rotatable bonds is 4. The maximum absolute atomic E-state index is 13.4. The Morgan fingerprint density at radius 1 is 1.43 bits per heavy atom. The summed E-state index contributed by atoms with van der Waals surface area (Å²) in [6, 6.07) is 1.32. The number of hydrogen-bond acceptors (Lipinski definition) is 4. The van der Waals surface area contributed by atoms with E-state index in [2.05, 4.69) is 10.3 Å². The number of pyridine rings is 1. The van der Waals surface area contributed by atoms with Gasteiger partial charge in [0.15, 0.2) is 5.78 Å². The number of alkyl halides is 3. The van der Waals surface area contributed by atoms with Crippen molar-refractivity contribution in [2.75, 3.05) is 13.1 Å². The molecule has 4 nitrogen and oxygen atoms in total. The largest absolute Gasteiger partial charge is 0.489 e. The Hall–Kier alpha value is -1.63. The first-order chi connectivity index (χ1) is 9.76. The first-order valence-electron chi connectivity index (χ1n) is 6.70. The van der Waals surface area contributed by atoms with Gasteiger partial charge in [0.1, 0.15) is 11.2 Å². The van der Waals surface area contributed by atoms with E-state index in [1.165, 1.54) is 12.3 Å². The van der Waals surface area contributed by atoms with Gasteiger partial charge in [0.2, 0.25) is 0 Å². The Bertz CT molecular complexity index is 523. The topological polar surface area (TPSA) is 51.2 Å². The Balaban J connectivity index is 2.34. The average molecular weight is 302 g/mol. The molecule has 1 fully saturated rings. The van der Waals surface area contributed by atoms with Crippen LogP contribution in [0.15, 0.2) is 18.5 Å². The maximum Gasteiger partial charge on any atom is 0.402 e. The van der Waals surface area contributed by atoms with Crippen molar-refractivity contribution >= 4 is 5.78 Å². The minimum atomic E-state index is -4.59. The number of aromatic nitrogens is 1. The van der Waals surface area contributed by atoms with E-state index >= 15 is 0 Å². The molecule has 0 aliphatic carbocycles. The van der Waals surface area contributed by atoms with E-state index < -0.39 is 23.9 Å². The van der Waals surface area contributed by atoms with E-state index in [4.69, 9.17) is 4.74 Å². The van der Waals surface area contributed by atoms with Crippen LogP contribution in [0.5, 0.6) is 5.75 Å². The predicted octanol–water partition coefficient (Wildman–Crippen LogP) is 2.59. The SMILES string of the molecule is CC(C)Oc1cncc(C(=O)C2(C(F)(F)F)CCNC2)c1. The van der Waals surface area contributed by atoms with Gasteiger partial charge in [-0.3, -0.25) is 9.78 Å². The molecule has 2 rings (SSSR count). The monoisotopic (exact) mass is 302 g/mol. The number of nitrogens with one attached hydrogen (secondary N) is 1. The number of ketones is 1. The number of carbonyl (C=O) groups is 1. The molecule has 7 heteroatoms. The smallest absolute Gasteiger partial charge is 0.402 e. The summed E-state index contributed by atoms with van der Waals surface area (Å²) < 4.78 is 45.4. The predicted molar refractivity (Wildman–Crippen MR) is 70.3 cm³/mol. The molecule has 0 bridgehead atoms. The van der Waals surface area contributed by atoms with Crippen molar-refractivity contribution in [1.29, 1.82) is 0 Å². The molecule has 1 atom stereocenters. The summed E-state index contributed by atoms with van der Waals surface area (Å²) in [4.78, 5) is 16.2. The zero-order valence-electron chi connectivity index (χ0n) is 11.8. The van der Waals surface area contributed by atoms with Gasteiger partial charge in [-0.25, -0.2) is 0 Å². The lowest BCUT2D eigenvalue weighted by molar-refractivity contribution is -0.197. The highest BCUT2D eigenvalue weighted by Crippen LogP contribution is 2.45. The lowest BCUT2D eigenvalue weighted by Gasteiger charge is -2.29. The number of hydrogen-bond donors (Lipinski definition) is 1. The van der Waals surface area contributed by atoms with Crippen LogP contribution >= 0.6 is 0 Å². The lowest BCUT2D eigenvalue weighted by Crippen LogP contribution is -2.46. The molecule has 0 spiro atoms. The van der Waals surface area contributed by atoms with E-state index in [-0.39, 0.29) is 24.6 Å². The maximum atomic E-state index is 13.4. The molecule has 1 unspecified atom stereocenters. The van der Waals surface area contributed by atoms with E-state index in [0.29, 0.717) is 5.75 Å². The van der Waals surface area contributed by atoms with Crippen LogP contribution < -0.4 is 10.1 Å². The third-order valence-electron chi connectivity index (χ3n) is 3.48. The molecule has 1 aromatic heterocycles. The van der Waals surface area contributed by atoms with Crippen LogP contribution in [0.1, 0.15) is 30.6 Å². The Labute approximate surface area is 120 Å². The van der Waals surface area contributed by atoms with Crippen molar-refractivity contribution < 1.29 is 22.7 Å². The third-order valence-corrected chi connectivity index (χ3v) is 3.48. The van der Waals surface area contributed by atoms with Gasteiger partial charge in [-0.15, -0.1) is 0 Å². The molecule has 21 heavy (non-hydrogen) atoms. The van der Waals surface area contributed by atoms with Crippen LogP contribution in [-0.2, 0) is 0 Å². The molecule has 0 radical (unpaired) electrons. The number of ether oxygens (including phenoxy) is 1. The standard InChI is InChI=1S/C14H17F3N2O2/c1-9(2)21-11-5-10(6-19-7-11)12(20)13(14(15,16)17)3-4-18-8-13/h5-7,9,18H,3-4,8H2,1-2H3. The Morgan fingerprint density at radius 2 is 2.14 bits per heavy atom. The van der Waals surface area contributed by atoms with Gasteiger partial charge in [0.05, 0.1) is 12.3 Å². The second kappa shape index (κ2) is 5.63. The van der Waals surface area contributed by atoms with Gasteiger partial charge in [0.25, 0.3) is 0 Å². The highest BCUT2D eigenvalue weighted by molar-refractivity contribution is 6.01. The van der Waals surface area contributed by atoms with Crippen LogP contribution in [0, 0.1) is 5.41 Å². The van der Waals surface area contributed by atoms with Crippen molar-refractivity contribution in [2.45, 2.75) is 32.5 Å². The fourth-order valence-corrected chi connectivity index (χ4v) is 2.41. The average Bonchev–Trinajstić information content (AvgIpc) is 2.87. The Kier molecular flexibility index (Phi) is 4.22.